The number of hydrogen-bond acceptors (Lipinski definition) is 6. The minimum Gasteiger partial charge on any atom is -0.489 e. The Kier molecular flexibility index (Phi) is 4.31. The molecule has 1 heterocycles. The number of rotatable bonds is 5. The van der Waals surface area contributed by atoms with Crippen molar-refractivity contribution < 1.29 is 4.74 Å². The van der Waals surface area contributed by atoms with Gasteiger partial charge in [0, 0.05) is 16.1 Å². The standard InChI is InChI=1S/C15H15ClN6O/c16-13-4-2-1-3-11(13)9-23-12-7-5-10(6-8-12)14-20-21-15(19-17)22(14)18/h1-8H,9,17-18H2,(H,19,21). The molecule has 5 N–H and O–H groups in total. The van der Waals surface area contributed by atoms with Crippen LogP contribution in [0.5, 0.6) is 5.75 Å². The van der Waals surface area contributed by atoms with Crippen LogP contribution >= 0.6 is 11.6 Å². The average Bonchev–Trinajstić information content (AvgIpc) is 2.95. The van der Waals surface area contributed by atoms with Gasteiger partial charge in [0.05, 0.1) is 0 Å². The van der Waals surface area contributed by atoms with Gasteiger partial charge in [-0.3, -0.25) is 5.43 Å². The first-order valence-corrected chi connectivity index (χ1v) is 7.20. The summed E-state index contributed by atoms with van der Waals surface area (Å²) in [4.78, 5) is 0. The summed E-state index contributed by atoms with van der Waals surface area (Å²) in [5.74, 6) is 12.6. The Balaban J connectivity index is 1.72. The predicted molar refractivity (Wildman–Crippen MR) is 89.2 cm³/mol. The molecule has 1 aromatic heterocycles. The molecule has 0 radical (unpaired) electrons. The molecule has 7 nitrogen and oxygen atoms in total. The highest BCUT2D eigenvalue weighted by Gasteiger charge is 2.10. The Bertz CT molecular complexity index is 802. The quantitative estimate of drug-likeness (QED) is 0.489. The number of hydrogen-bond donors (Lipinski definition) is 3. The van der Waals surface area contributed by atoms with E-state index in [9.17, 15) is 0 Å². The van der Waals surface area contributed by atoms with E-state index in [0.29, 0.717) is 23.2 Å². The van der Waals surface area contributed by atoms with Gasteiger partial charge in [-0.25, -0.2) is 10.5 Å². The molecule has 0 fully saturated rings. The van der Waals surface area contributed by atoms with Crippen LogP contribution in [0.25, 0.3) is 11.4 Å². The van der Waals surface area contributed by atoms with Crippen LogP contribution < -0.4 is 21.8 Å². The van der Waals surface area contributed by atoms with Gasteiger partial charge in [-0.15, -0.1) is 10.2 Å². The third-order valence-electron chi connectivity index (χ3n) is 3.29. The SMILES string of the molecule is NNc1nnc(-c2ccc(OCc3ccccc3Cl)cc2)n1N. The van der Waals surface area contributed by atoms with E-state index in [1.165, 1.54) is 4.68 Å². The van der Waals surface area contributed by atoms with Gasteiger partial charge in [0.25, 0.3) is 5.95 Å². The van der Waals surface area contributed by atoms with Crippen molar-refractivity contribution in [2.45, 2.75) is 6.61 Å². The summed E-state index contributed by atoms with van der Waals surface area (Å²) in [6.07, 6.45) is 0. The summed E-state index contributed by atoms with van der Waals surface area (Å²) < 4.78 is 7.01. The van der Waals surface area contributed by atoms with E-state index < -0.39 is 0 Å². The van der Waals surface area contributed by atoms with Gasteiger partial charge in [0.2, 0.25) is 0 Å². The average molecular weight is 331 g/mol. The highest BCUT2D eigenvalue weighted by molar-refractivity contribution is 6.31. The molecule has 0 bridgehead atoms. The molecule has 0 amide bonds. The fourth-order valence-electron chi connectivity index (χ4n) is 2.06. The molecule has 0 saturated carbocycles. The van der Waals surface area contributed by atoms with Crippen LogP contribution in [-0.2, 0) is 6.61 Å². The molecule has 8 heteroatoms. The fourth-order valence-corrected chi connectivity index (χ4v) is 2.25. The molecule has 0 saturated heterocycles. The van der Waals surface area contributed by atoms with E-state index in [1.54, 1.807) is 0 Å². The van der Waals surface area contributed by atoms with Crippen LogP contribution in [0.15, 0.2) is 48.5 Å². The summed E-state index contributed by atoms with van der Waals surface area (Å²) in [6.45, 7) is 0.396. The highest BCUT2D eigenvalue weighted by atomic mass is 35.5. The van der Waals surface area contributed by atoms with Gasteiger partial charge in [0.1, 0.15) is 12.4 Å². The molecule has 118 valence electrons. The van der Waals surface area contributed by atoms with Gasteiger partial charge in [0.15, 0.2) is 5.82 Å². The Morgan fingerprint density at radius 1 is 1.09 bits per heavy atom. The van der Waals surface area contributed by atoms with Crippen LogP contribution in [0, 0.1) is 0 Å². The van der Waals surface area contributed by atoms with Crippen molar-refractivity contribution in [3.05, 3.63) is 59.1 Å². The molecular weight excluding hydrogens is 316 g/mol. The fraction of sp³-hybridized carbons (Fsp3) is 0.0667. The topological polar surface area (TPSA) is 104 Å². The van der Waals surface area contributed by atoms with Crippen molar-refractivity contribution in [3.63, 3.8) is 0 Å². The zero-order valence-corrected chi connectivity index (χ0v) is 12.9. The van der Waals surface area contributed by atoms with Crippen molar-refractivity contribution in [2.24, 2.45) is 5.84 Å². The summed E-state index contributed by atoms with van der Waals surface area (Å²) in [7, 11) is 0. The summed E-state index contributed by atoms with van der Waals surface area (Å²) in [6, 6.07) is 14.9. The van der Waals surface area contributed by atoms with Crippen molar-refractivity contribution in [3.8, 4) is 17.1 Å². The van der Waals surface area contributed by atoms with Gasteiger partial charge >= 0.3 is 0 Å². The summed E-state index contributed by atoms with van der Waals surface area (Å²) in [5, 5.41) is 8.49. The summed E-state index contributed by atoms with van der Waals surface area (Å²) >= 11 is 6.10. The molecule has 0 aliphatic heterocycles. The third kappa shape index (κ3) is 3.20. The van der Waals surface area contributed by atoms with E-state index in [-0.39, 0.29) is 5.95 Å². The zero-order chi connectivity index (χ0) is 16.2. The maximum atomic E-state index is 6.10. The minimum absolute atomic E-state index is 0.277. The molecule has 0 unspecified atom stereocenters. The molecule has 2 aromatic carbocycles. The normalized spacial score (nSPS) is 10.5. The number of hydrazine groups is 1. The van der Waals surface area contributed by atoms with Crippen molar-refractivity contribution in [1.82, 2.24) is 14.9 Å². The number of nitrogens with two attached hydrogens (primary N) is 2. The van der Waals surface area contributed by atoms with Crippen LogP contribution in [0.4, 0.5) is 5.95 Å². The Morgan fingerprint density at radius 2 is 1.83 bits per heavy atom. The molecule has 0 atom stereocenters. The number of halogens is 1. The third-order valence-corrected chi connectivity index (χ3v) is 3.66. The van der Waals surface area contributed by atoms with Gasteiger partial charge < -0.3 is 10.6 Å². The van der Waals surface area contributed by atoms with E-state index in [2.05, 4.69) is 15.6 Å². The molecule has 0 aliphatic carbocycles. The molecular formula is C15H15ClN6O. The monoisotopic (exact) mass is 330 g/mol. The van der Waals surface area contributed by atoms with E-state index in [4.69, 9.17) is 28.0 Å². The van der Waals surface area contributed by atoms with Crippen molar-refractivity contribution in [2.75, 3.05) is 11.3 Å². The molecule has 3 aromatic rings. The molecule has 0 spiro atoms. The van der Waals surface area contributed by atoms with E-state index >= 15 is 0 Å². The number of nitrogens with one attached hydrogen (secondary N) is 1. The molecule has 3 rings (SSSR count). The highest BCUT2D eigenvalue weighted by Crippen LogP contribution is 2.23. The second kappa shape index (κ2) is 6.55. The van der Waals surface area contributed by atoms with Crippen LogP contribution in [-0.4, -0.2) is 14.9 Å². The van der Waals surface area contributed by atoms with E-state index in [1.807, 2.05) is 48.5 Å². The van der Waals surface area contributed by atoms with Crippen molar-refractivity contribution in [1.29, 1.82) is 0 Å². The Hall–Kier alpha value is -2.77. The molecule has 23 heavy (non-hydrogen) atoms. The number of ether oxygens (including phenoxy) is 1. The maximum Gasteiger partial charge on any atom is 0.257 e. The van der Waals surface area contributed by atoms with Gasteiger partial charge in [-0.05, 0) is 30.3 Å². The zero-order valence-electron chi connectivity index (χ0n) is 12.1. The lowest BCUT2D eigenvalue weighted by atomic mass is 10.2. The van der Waals surface area contributed by atoms with Gasteiger partial charge in [-0.1, -0.05) is 29.8 Å². The van der Waals surface area contributed by atoms with Crippen LogP contribution in [0.1, 0.15) is 5.56 Å². The Morgan fingerprint density at radius 3 is 2.48 bits per heavy atom. The van der Waals surface area contributed by atoms with Crippen LogP contribution in [0.3, 0.4) is 0 Å². The van der Waals surface area contributed by atoms with Gasteiger partial charge in [-0.2, -0.15) is 0 Å². The lowest BCUT2D eigenvalue weighted by molar-refractivity contribution is 0.306. The van der Waals surface area contributed by atoms with Crippen molar-refractivity contribution >= 4 is 17.5 Å². The second-order valence-electron chi connectivity index (χ2n) is 4.77. The predicted octanol–water partition coefficient (Wildman–Crippen LogP) is 2.18. The lowest BCUT2D eigenvalue weighted by Gasteiger charge is -2.08. The number of nitrogen functional groups attached to an aromatic ring is 2. The largest absolute Gasteiger partial charge is 0.489 e. The van der Waals surface area contributed by atoms with E-state index in [0.717, 1.165) is 11.1 Å². The first-order chi connectivity index (χ1) is 11.2. The number of benzene rings is 2. The first-order valence-electron chi connectivity index (χ1n) is 6.83. The first kappa shape index (κ1) is 15.1. The number of aromatic nitrogens is 3. The molecule has 0 aliphatic rings. The second-order valence-corrected chi connectivity index (χ2v) is 5.17. The van der Waals surface area contributed by atoms with Crippen LogP contribution in [0.2, 0.25) is 5.02 Å². The smallest absolute Gasteiger partial charge is 0.257 e. The summed E-state index contributed by atoms with van der Waals surface area (Å²) in [5.41, 5.74) is 4.09. The minimum atomic E-state index is 0.277. The Labute approximate surface area is 137 Å². The maximum absolute atomic E-state index is 6.10. The number of anilines is 1. The number of nitrogens with zero attached hydrogens (tertiary/aromatic N) is 3. The lowest BCUT2D eigenvalue weighted by Crippen LogP contribution is -2.18.